The summed E-state index contributed by atoms with van der Waals surface area (Å²) in [7, 11) is 0. The summed E-state index contributed by atoms with van der Waals surface area (Å²) in [5, 5.41) is 5.82. The lowest BCUT2D eigenvalue weighted by Gasteiger charge is -2.26. The molecule has 0 spiro atoms. The first-order valence-electron chi connectivity index (χ1n) is 16.6. The molecule has 5 heteroatoms. The Labute approximate surface area is 302 Å². The summed E-state index contributed by atoms with van der Waals surface area (Å²) in [5.41, 5.74) is 11.7. The SMILES string of the molecule is c1csc2cc(-c3ccc(N(c4ccc(-c5ccc6sc7ccccc7c6c5)cc4)c4ccc(-c5nc6ccccc6s5)cc4)cc3)cc-2c1. The van der Waals surface area contributed by atoms with E-state index in [0.29, 0.717) is 0 Å². The molecule has 50 heavy (non-hydrogen) atoms. The molecule has 1 aliphatic heterocycles. The number of thiazole rings is 1. The summed E-state index contributed by atoms with van der Waals surface area (Å²) in [6.07, 6.45) is 0. The second-order valence-corrected chi connectivity index (χ2v) is 15.5. The molecular formula is C45H28N2S3. The van der Waals surface area contributed by atoms with Gasteiger partial charge in [0.05, 0.1) is 10.2 Å². The van der Waals surface area contributed by atoms with Crippen LogP contribution in [0.5, 0.6) is 0 Å². The van der Waals surface area contributed by atoms with Crippen molar-refractivity contribution in [1.82, 2.24) is 4.98 Å². The second kappa shape index (κ2) is 12.1. The first kappa shape index (κ1) is 29.3. The molecule has 236 valence electrons. The van der Waals surface area contributed by atoms with Gasteiger partial charge in [-0.25, -0.2) is 4.98 Å². The molecule has 0 unspecified atom stereocenters. The summed E-state index contributed by atoms with van der Waals surface area (Å²) >= 11 is 5.38. The third-order valence-electron chi connectivity index (χ3n) is 9.39. The number of anilines is 3. The van der Waals surface area contributed by atoms with Gasteiger partial charge in [-0.2, -0.15) is 0 Å². The first-order chi connectivity index (χ1) is 24.7. The normalized spacial score (nSPS) is 11.6. The van der Waals surface area contributed by atoms with E-state index in [9.17, 15) is 0 Å². The van der Waals surface area contributed by atoms with E-state index in [4.69, 9.17) is 4.98 Å². The molecule has 0 saturated heterocycles. The number of nitrogens with zero attached hydrogens (tertiary/aromatic N) is 2. The molecule has 10 rings (SSSR count). The molecule has 0 radical (unpaired) electrons. The highest BCUT2D eigenvalue weighted by Gasteiger charge is 2.16. The molecule has 0 N–H and O–H groups in total. The van der Waals surface area contributed by atoms with E-state index in [0.717, 1.165) is 33.1 Å². The molecule has 0 fully saturated rings. The predicted octanol–water partition coefficient (Wildman–Crippen LogP) is 14.3. The molecule has 3 heterocycles. The molecule has 2 aliphatic rings. The minimum absolute atomic E-state index is 1.04. The van der Waals surface area contributed by atoms with E-state index in [1.54, 1.807) is 22.7 Å². The maximum atomic E-state index is 4.90. The lowest BCUT2D eigenvalue weighted by Crippen LogP contribution is -2.09. The maximum absolute atomic E-state index is 4.90. The lowest BCUT2D eigenvalue weighted by atomic mass is 10.0. The monoisotopic (exact) mass is 692 g/mol. The van der Waals surface area contributed by atoms with Crippen LogP contribution in [0, 0.1) is 0 Å². The van der Waals surface area contributed by atoms with Gasteiger partial charge in [-0.3, -0.25) is 0 Å². The van der Waals surface area contributed by atoms with Crippen molar-refractivity contribution in [2.75, 3.05) is 4.90 Å². The van der Waals surface area contributed by atoms with Gasteiger partial charge in [0.2, 0.25) is 0 Å². The van der Waals surface area contributed by atoms with Gasteiger partial charge in [0, 0.05) is 47.7 Å². The molecule has 8 aromatic rings. The fourth-order valence-electron chi connectivity index (χ4n) is 6.87. The molecule has 0 amide bonds. The molecule has 2 aromatic heterocycles. The Balaban J connectivity index is 1.03. The highest BCUT2D eigenvalue weighted by atomic mass is 32.1. The molecular weight excluding hydrogens is 665 g/mol. The van der Waals surface area contributed by atoms with Crippen molar-refractivity contribution in [3.05, 3.63) is 169 Å². The number of rotatable bonds is 6. The number of hydrogen-bond donors (Lipinski definition) is 0. The van der Waals surface area contributed by atoms with Crippen LogP contribution < -0.4 is 4.90 Å². The average molecular weight is 693 g/mol. The van der Waals surface area contributed by atoms with Crippen LogP contribution in [0.15, 0.2) is 169 Å². The minimum atomic E-state index is 1.04. The summed E-state index contributed by atoms with van der Waals surface area (Å²) in [6.45, 7) is 0. The predicted molar refractivity (Wildman–Crippen MR) is 218 cm³/mol. The average Bonchev–Trinajstić information content (AvgIpc) is 3.91. The molecule has 1 aliphatic carbocycles. The number of benzene rings is 6. The van der Waals surface area contributed by atoms with Gasteiger partial charge in [-0.05, 0) is 124 Å². The zero-order chi connectivity index (χ0) is 33.0. The van der Waals surface area contributed by atoms with E-state index < -0.39 is 0 Å². The third-order valence-corrected chi connectivity index (χ3v) is 12.5. The summed E-state index contributed by atoms with van der Waals surface area (Å²) in [6, 6.07) is 59.5. The smallest absolute Gasteiger partial charge is 0.124 e. The Morgan fingerprint density at radius 1 is 0.400 bits per heavy atom. The van der Waals surface area contributed by atoms with E-state index in [1.807, 2.05) is 17.4 Å². The van der Waals surface area contributed by atoms with Crippen LogP contribution >= 0.6 is 34.0 Å². The molecule has 6 aromatic carbocycles. The maximum Gasteiger partial charge on any atom is 0.124 e. The highest BCUT2D eigenvalue weighted by Crippen LogP contribution is 2.41. The van der Waals surface area contributed by atoms with Crippen LogP contribution in [0.4, 0.5) is 17.1 Å². The van der Waals surface area contributed by atoms with Crippen molar-refractivity contribution >= 4 is 81.5 Å². The summed E-state index contributed by atoms with van der Waals surface area (Å²) in [5.74, 6) is 0. The van der Waals surface area contributed by atoms with Crippen LogP contribution in [-0.4, -0.2) is 4.98 Å². The van der Waals surface area contributed by atoms with Gasteiger partial charge in [-0.15, -0.1) is 34.0 Å². The van der Waals surface area contributed by atoms with Crippen LogP contribution in [0.25, 0.3) is 73.7 Å². The molecule has 0 saturated carbocycles. The zero-order valence-electron chi connectivity index (χ0n) is 26.8. The van der Waals surface area contributed by atoms with E-state index in [2.05, 4.69) is 168 Å². The van der Waals surface area contributed by atoms with Crippen LogP contribution in [-0.2, 0) is 0 Å². The second-order valence-electron chi connectivity index (χ2n) is 12.4. The van der Waals surface area contributed by atoms with Crippen LogP contribution in [0.2, 0.25) is 0 Å². The molecule has 0 atom stereocenters. The summed E-state index contributed by atoms with van der Waals surface area (Å²) < 4.78 is 3.86. The Bertz CT molecular complexity index is 2640. The Morgan fingerprint density at radius 2 is 1.02 bits per heavy atom. The number of thiophene rings is 1. The zero-order valence-corrected chi connectivity index (χ0v) is 29.2. The van der Waals surface area contributed by atoms with Crippen molar-refractivity contribution in [3.8, 4) is 43.3 Å². The fourth-order valence-corrected chi connectivity index (χ4v) is 9.69. The number of aromatic nitrogens is 1. The number of fused-ring (bicyclic) bond motifs is 5. The van der Waals surface area contributed by atoms with E-state index in [1.165, 1.54) is 57.6 Å². The lowest BCUT2D eigenvalue weighted by molar-refractivity contribution is 1.28. The van der Waals surface area contributed by atoms with E-state index in [-0.39, 0.29) is 0 Å². The number of para-hydroxylation sites is 1. The fraction of sp³-hybridized carbons (Fsp3) is 0. The van der Waals surface area contributed by atoms with E-state index >= 15 is 0 Å². The van der Waals surface area contributed by atoms with Crippen molar-refractivity contribution in [2.45, 2.75) is 0 Å². The minimum Gasteiger partial charge on any atom is -0.311 e. The van der Waals surface area contributed by atoms with Gasteiger partial charge in [0.1, 0.15) is 5.01 Å². The van der Waals surface area contributed by atoms with Gasteiger partial charge < -0.3 is 4.90 Å². The van der Waals surface area contributed by atoms with Crippen LogP contribution in [0.3, 0.4) is 0 Å². The van der Waals surface area contributed by atoms with Crippen molar-refractivity contribution in [2.24, 2.45) is 0 Å². The Kier molecular flexibility index (Phi) is 7.09. The third kappa shape index (κ3) is 5.19. The molecule has 0 bridgehead atoms. The van der Waals surface area contributed by atoms with Gasteiger partial charge >= 0.3 is 0 Å². The topological polar surface area (TPSA) is 16.1 Å². The summed E-state index contributed by atoms with van der Waals surface area (Å²) in [4.78, 5) is 8.56. The van der Waals surface area contributed by atoms with Gasteiger partial charge in [0.25, 0.3) is 0 Å². The first-order valence-corrected chi connectivity index (χ1v) is 19.1. The number of hydrogen-bond acceptors (Lipinski definition) is 5. The van der Waals surface area contributed by atoms with Gasteiger partial charge in [-0.1, -0.05) is 72.8 Å². The van der Waals surface area contributed by atoms with Crippen LogP contribution in [0.1, 0.15) is 0 Å². The van der Waals surface area contributed by atoms with Crippen molar-refractivity contribution in [3.63, 3.8) is 0 Å². The quantitative estimate of drug-likeness (QED) is 0.172. The van der Waals surface area contributed by atoms with Gasteiger partial charge in [0.15, 0.2) is 0 Å². The standard InChI is InChI=1S/C45H28N2S3/c1-3-9-41-38(7-1)39-27-32(17-24-42(39)49-41)29-11-18-35(19-12-29)47(36-20-13-30(14-21-36)34-26-33-6-5-25-48-44(33)28-34)37-22-15-31(16-23-37)45-46-40-8-2-4-10-43(40)50-45/h1-28H. The Morgan fingerprint density at radius 3 is 1.74 bits per heavy atom. The van der Waals surface area contributed by atoms with Crippen molar-refractivity contribution in [1.29, 1.82) is 0 Å². The largest absolute Gasteiger partial charge is 0.311 e. The Hall–Kier alpha value is -5.59. The highest BCUT2D eigenvalue weighted by molar-refractivity contribution is 7.25. The van der Waals surface area contributed by atoms with Crippen molar-refractivity contribution < 1.29 is 0 Å². The molecule has 2 nitrogen and oxygen atoms in total.